The fraction of sp³-hybridized carbons (Fsp3) is 0.143. The topological polar surface area (TPSA) is 0 Å². The molecule has 0 nitrogen and oxygen atoms in total. The fourth-order valence-electron chi connectivity index (χ4n) is 0.513. The summed E-state index contributed by atoms with van der Waals surface area (Å²) in [6.07, 6.45) is 0. The van der Waals surface area contributed by atoms with Crippen LogP contribution in [0.2, 0.25) is 5.02 Å². The quantitative estimate of drug-likeness (QED) is 0.620. The summed E-state index contributed by atoms with van der Waals surface area (Å²) in [7, 11) is 0. The second-order valence-corrected chi connectivity index (χ2v) is 2.43. The summed E-state index contributed by atoms with van der Waals surface area (Å²) in [5.74, 6) is 0. The molecule has 1 aromatic carbocycles. The van der Waals surface area contributed by atoms with E-state index >= 15 is 0 Å². The van der Waals surface area contributed by atoms with Gasteiger partial charge in [0, 0.05) is 13.0 Å². The Morgan fingerprint density at radius 1 is 1.44 bits per heavy atom. The van der Waals surface area contributed by atoms with Gasteiger partial charge in [-0.1, -0.05) is 39.7 Å². The van der Waals surface area contributed by atoms with Crippen LogP contribution in [0.4, 0.5) is 0 Å². The van der Waals surface area contributed by atoms with Crippen LogP contribution in [0, 0.1) is 0 Å². The van der Waals surface area contributed by atoms with Gasteiger partial charge >= 0.3 is 0 Å². The third-order valence-corrected chi connectivity index (χ3v) is 1.66. The number of rotatable bonds is 1. The van der Waals surface area contributed by atoms with E-state index in [0.29, 0.717) is 10.6 Å². The molecule has 48 valence electrons. The average Bonchev–Trinajstić information content (AvgIpc) is 1.86. The van der Waals surface area contributed by atoms with Crippen molar-refractivity contribution < 1.29 is 2.74 Å². The van der Waals surface area contributed by atoms with Crippen LogP contribution >= 0.6 is 27.5 Å². The number of hydrogen-bond acceptors (Lipinski definition) is 0. The van der Waals surface area contributed by atoms with Gasteiger partial charge in [0.05, 0.1) is 0 Å². The molecule has 0 N–H and O–H groups in total. The lowest BCUT2D eigenvalue weighted by molar-refractivity contribution is 1.44. The highest BCUT2D eigenvalue weighted by Gasteiger charge is 1.87. The van der Waals surface area contributed by atoms with Gasteiger partial charge in [0.25, 0.3) is 0 Å². The number of halogens is 2. The Morgan fingerprint density at radius 3 is 2.44 bits per heavy atom. The Labute approximate surface area is 70.8 Å². The first-order chi connectivity index (χ1) is 5.00. The van der Waals surface area contributed by atoms with E-state index in [1.807, 2.05) is 0 Å². The molecule has 0 aromatic heterocycles. The van der Waals surface area contributed by atoms with Crippen molar-refractivity contribution >= 4 is 27.5 Å². The lowest BCUT2D eigenvalue weighted by atomic mass is 10.2. The van der Waals surface area contributed by atoms with Crippen LogP contribution in [0.1, 0.15) is 8.30 Å². The molecular formula is C7H6BrCl. The summed E-state index contributed by atoms with van der Waals surface area (Å²) in [6.45, 7) is 0. The Balaban J connectivity index is 2.99. The zero-order valence-corrected chi connectivity index (χ0v) is 6.91. The summed E-state index contributed by atoms with van der Waals surface area (Å²) in [6, 6.07) is 6.63. The monoisotopic (exact) mass is 206 g/mol. The van der Waals surface area contributed by atoms with Gasteiger partial charge in [-0.25, -0.2) is 0 Å². The highest BCUT2D eigenvalue weighted by Crippen LogP contribution is 2.11. The van der Waals surface area contributed by atoms with E-state index in [4.69, 9.17) is 14.3 Å². The summed E-state index contributed by atoms with van der Waals surface area (Å²) in [4.78, 5) is 0. The molecule has 0 saturated carbocycles. The zero-order valence-electron chi connectivity index (χ0n) is 6.57. The fourth-order valence-corrected chi connectivity index (χ4v) is 0.903. The molecule has 0 heterocycles. The molecule has 0 fully saturated rings. The van der Waals surface area contributed by atoms with E-state index in [1.165, 1.54) is 0 Å². The summed E-state index contributed by atoms with van der Waals surface area (Å²) in [5, 5.41) is -0.845. The van der Waals surface area contributed by atoms with E-state index in [2.05, 4.69) is 15.9 Å². The van der Waals surface area contributed by atoms with Gasteiger partial charge in [-0.05, 0) is 17.7 Å². The summed E-state index contributed by atoms with van der Waals surface area (Å²) in [5.41, 5.74) is 0.571. The van der Waals surface area contributed by atoms with Crippen molar-refractivity contribution in [2.24, 2.45) is 0 Å². The molecule has 0 aliphatic rings. The molecule has 0 atom stereocenters. The maximum atomic E-state index is 7.28. The maximum Gasteiger partial charge on any atom is 0.0437 e. The van der Waals surface area contributed by atoms with E-state index in [9.17, 15) is 0 Å². The summed E-state index contributed by atoms with van der Waals surface area (Å²) >= 11 is 8.53. The predicted molar refractivity (Wildman–Crippen MR) is 44.1 cm³/mol. The van der Waals surface area contributed by atoms with Crippen LogP contribution in [-0.2, 0) is 5.28 Å². The van der Waals surface area contributed by atoms with Crippen molar-refractivity contribution in [3.05, 3.63) is 34.9 Å². The van der Waals surface area contributed by atoms with Gasteiger partial charge in [0.2, 0.25) is 0 Å². The lowest BCUT2D eigenvalue weighted by Gasteiger charge is -1.92. The standard InChI is InChI=1S/C7H6BrCl/c8-5-6-1-3-7(9)4-2-6/h1-4H,5H2/i5D2. The van der Waals surface area contributed by atoms with Crippen LogP contribution in [0.5, 0.6) is 0 Å². The molecule has 2 heteroatoms. The molecule has 0 saturated heterocycles. The van der Waals surface area contributed by atoms with Crippen LogP contribution in [0.25, 0.3) is 0 Å². The first kappa shape index (κ1) is 4.75. The van der Waals surface area contributed by atoms with Gasteiger partial charge in [-0.15, -0.1) is 0 Å². The van der Waals surface area contributed by atoms with E-state index in [1.54, 1.807) is 24.3 Å². The van der Waals surface area contributed by atoms with Gasteiger partial charge in [-0.3, -0.25) is 0 Å². The minimum absolute atomic E-state index is 0.571. The van der Waals surface area contributed by atoms with Crippen molar-refractivity contribution in [3.8, 4) is 0 Å². The third kappa shape index (κ3) is 1.99. The SMILES string of the molecule is [2H]C([2H])(Br)c1ccc(Cl)cc1. The van der Waals surface area contributed by atoms with Crippen molar-refractivity contribution in [1.82, 2.24) is 0 Å². The zero-order chi connectivity index (χ0) is 8.48. The molecule has 0 unspecified atom stereocenters. The first-order valence-electron chi connectivity index (χ1n) is 3.45. The Hall–Kier alpha value is -0.0100. The van der Waals surface area contributed by atoms with Gasteiger partial charge in [0.1, 0.15) is 0 Å². The van der Waals surface area contributed by atoms with Crippen LogP contribution in [0.3, 0.4) is 0 Å². The van der Waals surface area contributed by atoms with Crippen molar-refractivity contribution in [2.75, 3.05) is 0 Å². The van der Waals surface area contributed by atoms with Gasteiger partial charge in [0.15, 0.2) is 0 Å². The minimum atomic E-state index is -1.46. The second kappa shape index (κ2) is 3.23. The molecule has 1 rings (SSSR count). The molecule has 0 aliphatic carbocycles. The number of alkyl halides is 1. The molecule has 0 radical (unpaired) electrons. The molecule has 0 aliphatic heterocycles. The van der Waals surface area contributed by atoms with Crippen molar-refractivity contribution in [1.29, 1.82) is 0 Å². The van der Waals surface area contributed by atoms with Crippen molar-refractivity contribution in [3.63, 3.8) is 0 Å². The minimum Gasteiger partial charge on any atom is -0.0876 e. The highest BCUT2D eigenvalue weighted by molar-refractivity contribution is 9.08. The van der Waals surface area contributed by atoms with E-state index in [-0.39, 0.29) is 0 Å². The number of benzene rings is 1. The Morgan fingerprint density at radius 2 is 2.00 bits per heavy atom. The molecule has 9 heavy (non-hydrogen) atoms. The smallest absolute Gasteiger partial charge is 0.0437 e. The third-order valence-electron chi connectivity index (χ3n) is 0.953. The van der Waals surface area contributed by atoms with Crippen LogP contribution in [0.15, 0.2) is 24.3 Å². The van der Waals surface area contributed by atoms with E-state index in [0.717, 1.165) is 0 Å². The van der Waals surface area contributed by atoms with E-state index < -0.39 is 5.28 Å². The largest absolute Gasteiger partial charge is 0.0876 e. The van der Waals surface area contributed by atoms with Gasteiger partial charge < -0.3 is 0 Å². The lowest BCUT2D eigenvalue weighted by Crippen LogP contribution is -1.72. The first-order valence-corrected chi connectivity index (χ1v) is 3.62. The molecule has 0 spiro atoms. The van der Waals surface area contributed by atoms with Crippen LogP contribution in [-0.4, -0.2) is 0 Å². The Bertz CT molecular complexity index is 240. The maximum absolute atomic E-state index is 7.28. The molecular weight excluding hydrogens is 199 g/mol. The Kier molecular flexibility index (Phi) is 1.71. The molecule has 0 amide bonds. The molecule has 0 bridgehead atoms. The van der Waals surface area contributed by atoms with Gasteiger partial charge in [-0.2, -0.15) is 0 Å². The van der Waals surface area contributed by atoms with Crippen LogP contribution < -0.4 is 0 Å². The normalized spacial score (nSPS) is 14.4. The average molecular weight is 207 g/mol. The second-order valence-electron chi connectivity index (χ2n) is 1.60. The summed E-state index contributed by atoms with van der Waals surface area (Å²) < 4.78 is 14.6. The number of hydrogen-bond donors (Lipinski definition) is 0. The highest BCUT2D eigenvalue weighted by atomic mass is 79.9. The predicted octanol–water partition coefficient (Wildman–Crippen LogP) is 3.23. The van der Waals surface area contributed by atoms with Crippen molar-refractivity contribution in [2.45, 2.75) is 5.28 Å². The molecule has 1 aromatic rings.